The summed E-state index contributed by atoms with van der Waals surface area (Å²) in [7, 11) is 1.20. The van der Waals surface area contributed by atoms with Gasteiger partial charge in [0, 0.05) is 31.1 Å². The summed E-state index contributed by atoms with van der Waals surface area (Å²) in [6.45, 7) is 0. The van der Waals surface area contributed by atoms with Gasteiger partial charge in [-0.15, -0.1) is 0 Å². The first kappa shape index (κ1) is 17.1. The largest absolute Gasteiger partial charge is 0.465 e. The fraction of sp³-hybridized carbons (Fsp3) is 0.0588. The van der Waals surface area contributed by atoms with E-state index in [0.717, 1.165) is 11.0 Å². The Bertz CT molecular complexity index is 1090. The topological polar surface area (TPSA) is 106 Å². The van der Waals surface area contributed by atoms with Crippen molar-refractivity contribution in [3.05, 3.63) is 74.9 Å². The molecule has 0 atom stereocenters. The molecule has 0 saturated carbocycles. The molecule has 8 nitrogen and oxygen atoms in total. The molecule has 132 valence electrons. The Hall–Kier alpha value is -3.75. The summed E-state index contributed by atoms with van der Waals surface area (Å²) >= 11 is 0. The van der Waals surface area contributed by atoms with Crippen LogP contribution in [0.25, 0.3) is 16.5 Å². The van der Waals surface area contributed by atoms with E-state index in [1.807, 2.05) is 0 Å². The first-order valence-electron chi connectivity index (χ1n) is 7.36. The second-order valence-corrected chi connectivity index (χ2v) is 5.50. The molecule has 9 heteroatoms. The van der Waals surface area contributed by atoms with Crippen LogP contribution in [0.3, 0.4) is 0 Å². The number of anilines is 1. The monoisotopic (exact) mass is 357 g/mol. The summed E-state index contributed by atoms with van der Waals surface area (Å²) in [5.41, 5.74) is -0.429. The average Bonchev–Trinajstić information content (AvgIpc) is 2.61. The lowest BCUT2D eigenvalue weighted by molar-refractivity contribution is -0.384. The van der Waals surface area contributed by atoms with Gasteiger partial charge >= 0.3 is 6.09 Å². The van der Waals surface area contributed by atoms with Gasteiger partial charge < -0.3 is 5.11 Å². The number of fused-ring (bicyclic) bond motifs is 1. The Balaban J connectivity index is 2.14. The highest BCUT2D eigenvalue weighted by Gasteiger charge is 2.16. The first-order valence-corrected chi connectivity index (χ1v) is 7.36. The number of aromatic nitrogens is 1. The smallest absolute Gasteiger partial charge is 0.411 e. The molecule has 0 aliphatic carbocycles. The number of nitrogens with zero attached hydrogens (tertiary/aromatic N) is 3. The van der Waals surface area contributed by atoms with Gasteiger partial charge in [-0.05, 0) is 35.7 Å². The molecule has 0 spiro atoms. The van der Waals surface area contributed by atoms with E-state index < -0.39 is 22.4 Å². The van der Waals surface area contributed by atoms with Crippen molar-refractivity contribution in [1.29, 1.82) is 0 Å². The number of carbonyl (C=O) groups is 1. The molecule has 0 aliphatic rings. The maximum Gasteiger partial charge on any atom is 0.411 e. The highest BCUT2D eigenvalue weighted by atomic mass is 19.1. The zero-order chi connectivity index (χ0) is 19.0. The van der Waals surface area contributed by atoms with Crippen LogP contribution in [0, 0.1) is 15.9 Å². The third-order valence-electron chi connectivity index (χ3n) is 3.96. The molecule has 0 aliphatic heterocycles. The summed E-state index contributed by atoms with van der Waals surface area (Å²) in [6, 6.07) is 9.14. The van der Waals surface area contributed by atoms with Crippen LogP contribution in [0.5, 0.6) is 0 Å². The predicted octanol–water partition coefficient (Wildman–Crippen LogP) is 3.15. The molecule has 0 radical (unpaired) electrons. The van der Waals surface area contributed by atoms with Crippen molar-refractivity contribution in [1.82, 2.24) is 4.57 Å². The van der Waals surface area contributed by atoms with Crippen LogP contribution >= 0.6 is 0 Å². The number of nitro benzene ring substituents is 1. The molecule has 0 bridgehead atoms. The van der Waals surface area contributed by atoms with Crippen molar-refractivity contribution in [3.8, 4) is 5.69 Å². The maximum absolute atomic E-state index is 14.3. The molecule has 3 rings (SSSR count). The first-order chi connectivity index (χ1) is 12.3. The normalized spacial score (nSPS) is 10.7. The number of amides is 1. The Labute approximate surface area is 145 Å². The molecule has 0 saturated heterocycles. The molecule has 1 amide bonds. The minimum Gasteiger partial charge on any atom is -0.465 e. The van der Waals surface area contributed by atoms with Crippen molar-refractivity contribution in [2.75, 3.05) is 11.9 Å². The van der Waals surface area contributed by atoms with Crippen molar-refractivity contribution < 1.29 is 19.2 Å². The molecule has 0 unspecified atom stereocenters. The fourth-order valence-electron chi connectivity index (χ4n) is 2.55. The molecule has 1 aromatic heterocycles. The van der Waals surface area contributed by atoms with E-state index in [4.69, 9.17) is 5.11 Å². The van der Waals surface area contributed by atoms with Gasteiger partial charge in [0.05, 0.1) is 16.0 Å². The van der Waals surface area contributed by atoms with Crippen molar-refractivity contribution in [2.24, 2.45) is 0 Å². The zero-order valence-electron chi connectivity index (χ0n) is 13.4. The van der Waals surface area contributed by atoms with Crippen LogP contribution in [0.4, 0.5) is 20.6 Å². The van der Waals surface area contributed by atoms with E-state index in [-0.39, 0.29) is 16.8 Å². The van der Waals surface area contributed by atoms with Gasteiger partial charge in [0.2, 0.25) is 0 Å². The van der Waals surface area contributed by atoms with Crippen LogP contribution in [0.1, 0.15) is 0 Å². The number of halogens is 1. The molecule has 1 heterocycles. The fourth-order valence-corrected chi connectivity index (χ4v) is 2.55. The van der Waals surface area contributed by atoms with Crippen LogP contribution in [-0.2, 0) is 0 Å². The number of pyridine rings is 1. The second kappa shape index (κ2) is 6.28. The van der Waals surface area contributed by atoms with Gasteiger partial charge in [-0.3, -0.25) is 24.4 Å². The van der Waals surface area contributed by atoms with E-state index in [2.05, 4.69) is 0 Å². The SMILES string of the molecule is CN(C(=O)O)c1cc2ccn(-c3ccc([N+](=O)[O-])cc3)c(=O)c2cc1F. The third kappa shape index (κ3) is 2.86. The van der Waals surface area contributed by atoms with Gasteiger partial charge in [-0.2, -0.15) is 0 Å². The number of carboxylic acid groups (broad SMARTS) is 1. The van der Waals surface area contributed by atoms with Crippen molar-refractivity contribution in [2.45, 2.75) is 0 Å². The van der Waals surface area contributed by atoms with Crippen LogP contribution in [0.15, 0.2) is 53.5 Å². The molecule has 2 aromatic carbocycles. The van der Waals surface area contributed by atoms with Crippen LogP contribution in [0.2, 0.25) is 0 Å². The lowest BCUT2D eigenvalue weighted by Crippen LogP contribution is -2.25. The van der Waals surface area contributed by atoms with Crippen molar-refractivity contribution >= 4 is 28.2 Å². The van der Waals surface area contributed by atoms with Gasteiger partial charge in [0.15, 0.2) is 0 Å². The molecule has 3 aromatic rings. The molecule has 0 fully saturated rings. The van der Waals surface area contributed by atoms with Crippen molar-refractivity contribution in [3.63, 3.8) is 0 Å². The minimum atomic E-state index is -1.33. The maximum atomic E-state index is 14.3. The number of hydrogen-bond donors (Lipinski definition) is 1. The number of benzene rings is 2. The van der Waals surface area contributed by atoms with E-state index in [9.17, 15) is 24.1 Å². The summed E-state index contributed by atoms with van der Waals surface area (Å²) in [5.74, 6) is -0.846. The Kier molecular flexibility index (Phi) is 4.13. The quantitative estimate of drug-likeness (QED) is 0.572. The number of rotatable bonds is 3. The lowest BCUT2D eigenvalue weighted by Gasteiger charge is -2.15. The van der Waals surface area contributed by atoms with Gasteiger partial charge in [0.25, 0.3) is 11.2 Å². The highest BCUT2D eigenvalue weighted by molar-refractivity contribution is 5.91. The predicted molar refractivity (Wildman–Crippen MR) is 92.6 cm³/mol. The summed E-state index contributed by atoms with van der Waals surface area (Å²) in [5, 5.41) is 20.1. The summed E-state index contributed by atoms with van der Waals surface area (Å²) in [6.07, 6.45) is 0.108. The minimum absolute atomic E-state index is 0.0610. The lowest BCUT2D eigenvalue weighted by atomic mass is 10.1. The summed E-state index contributed by atoms with van der Waals surface area (Å²) in [4.78, 5) is 34.5. The molecule has 26 heavy (non-hydrogen) atoms. The van der Waals surface area contributed by atoms with Gasteiger partial charge in [-0.25, -0.2) is 9.18 Å². The number of hydrogen-bond acceptors (Lipinski definition) is 4. The molecule has 1 N–H and O–H groups in total. The highest BCUT2D eigenvalue weighted by Crippen LogP contribution is 2.24. The van der Waals surface area contributed by atoms with Crippen LogP contribution in [-0.4, -0.2) is 27.7 Å². The van der Waals surface area contributed by atoms with Gasteiger partial charge in [0.1, 0.15) is 5.82 Å². The number of nitro groups is 1. The Morgan fingerprint density at radius 1 is 1.23 bits per heavy atom. The molecular weight excluding hydrogens is 345 g/mol. The van der Waals surface area contributed by atoms with Crippen LogP contribution < -0.4 is 10.5 Å². The third-order valence-corrected chi connectivity index (χ3v) is 3.96. The molecular formula is C17H12FN3O5. The average molecular weight is 357 g/mol. The Morgan fingerprint density at radius 3 is 2.46 bits per heavy atom. The zero-order valence-corrected chi connectivity index (χ0v) is 13.4. The van der Waals surface area contributed by atoms with E-state index in [1.165, 1.54) is 54.2 Å². The van der Waals surface area contributed by atoms with E-state index in [1.54, 1.807) is 0 Å². The second-order valence-electron chi connectivity index (χ2n) is 5.50. The van der Waals surface area contributed by atoms with E-state index >= 15 is 0 Å². The standard InChI is InChI=1S/C17H12FN3O5/c1-19(17(23)24)15-8-10-6-7-20(16(22)13(10)9-14(15)18)11-2-4-12(5-3-11)21(25)26/h2-9H,1H3,(H,23,24). The Morgan fingerprint density at radius 2 is 1.88 bits per heavy atom. The van der Waals surface area contributed by atoms with E-state index in [0.29, 0.717) is 11.1 Å². The summed E-state index contributed by atoms with van der Waals surface area (Å²) < 4.78 is 15.5. The van der Waals surface area contributed by atoms with Gasteiger partial charge in [-0.1, -0.05) is 0 Å². The number of non-ortho nitro benzene ring substituents is 1.